The predicted molar refractivity (Wildman–Crippen MR) is 97.1 cm³/mol. The van der Waals surface area contributed by atoms with E-state index in [4.69, 9.17) is 0 Å². The molecule has 0 radical (unpaired) electrons. The van der Waals surface area contributed by atoms with E-state index in [9.17, 15) is 4.79 Å². The molecule has 6 heteroatoms. The van der Waals surface area contributed by atoms with Gasteiger partial charge in [0.2, 0.25) is 5.91 Å². The number of hydrogen-bond acceptors (Lipinski definition) is 2. The van der Waals surface area contributed by atoms with E-state index in [0.29, 0.717) is 19.1 Å². The Bertz CT molecular complexity index is 339. The van der Waals surface area contributed by atoms with E-state index in [0.717, 1.165) is 25.3 Å². The fourth-order valence-corrected chi connectivity index (χ4v) is 2.60. The third-order valence-electron chi connectivity index (χ3n) is 3.92. The zero-order chi connectivity index (χ0) is 14.2. The topological polar surface area (TPSA) is 65.5 Å². The van der Waals surface area contributed by atoms with E-state index in [1.54, 1.807) is 0 Å². The first kappa shape index (κ1) is 18.5. The molecule has 0 unspecified atom stereocenters. The van der Waals surface area contributed by atoms with Crippen molar-refractivity contribution < 1.29 is 4.79 Å². The van der Waals surface area contributed by atoms with Crippen molar-refractivity contribution in [1.82, 2.24) is 16.0 Å². The maximum absolute atomic E-state index is 12.0. The van der Waals surface area contributed by atoms with Gasteiger partial charge >= 0.3 is 0 Å². The minimum absolute atomic E-state index is 0. The summed E-state index contributed by atoms with van der Waals surface area (Å²) in [5.41, 5.74) is 0. The number of nitrogens with zero attached hydrogens (tertiary/aromatic N) is 1. The highest BCUT2D eigenvalue weighted by atomic mass is 127. The lowest BCUT2D eigenvalue weighted by atomic mass is 9.89. The van der Waals surface area contributed by atoms with E-state index in [2.05, 4.69) is 27.9 Å². The molecule has 2 saturated carbocycles. The van der Waals surface area contributed by atoms with Crippen LogP contribution in [0.2, 0.25) is 0 Å². The molecule has 0 aliphatic heterocycles. The summed E-state index contributed by atoms with van der Waals surface area (Å²) in [5, 5.41) is 9.62. The second-order valence-electron chi connectivity index (χ2n) is 5.81. The molecule has 0 atom stereocenters. The van der Waals surface area contributed by atoms with Crippen LogP contribution in [0.1, 0.15) is 51.9 Å². The van der Waals surface area contributed by atoms with Gasteiger partial charge in [-0.1, -0.05) is 19.3 Å². The van der Waals surface area contributed by atoms with Crippen molar-refractivity contribution in [1.29, 1.82) is 0 Å². The van der Waals surface area contributed by atoms with Crippen molar-refractivity contribution in [2.24, 2.45) is 10.9 Å². The summed E-state index contributed by atoms with van der Waals surface area (Å²) in [6.45, 7) is 4.21. The molecule has 0 aromatic carbocycles. The van der Waals surface area contributed by atoms with Gasteiger partial charge in [0.15, 0.2) is 5.96 Å². The number of guanidine groups is 1. The summed E-state index contributed by atoms with van der Waals surface area (Å²) in [5.74, 6) is 1.34. The van der Waals surface area contributed by atoms with Crippen LogP contribution in [0.15, 0.2) is 4.99 Å². The van der Waals surface area contributed by atoms with Gasteiger partial charge in [-0.3, -0.25) is 9.79 Å². The van der Waals surface area contributed by atoms with Gasteiger partial charge < -0.3 is 16.0 Å². The van der Waals surface area contributed by atoms with Gasteiger partial charge in [-0.05, 0) is 32.6 Å². The molecule has 122 valence electrons. The van der Waals surface area contributed by atoms with Crippen LogP contribution in [0.5, 0.6) is 0 Å². The molecule has 0 heterocycles. The number of carbonyl (C=O) groups is 1. The second-order valence-corrected chi connectivity index (χ2v) is 5.81. The second kappa shape index (κ2) is 10.2. The first-order chi connectivity index (χ1) is 9.79. The van der Waals surface area contributed by atoms with Crippen LogP contribution < -0.4 is 16.0 Å². The Labute approximate surface area is 145 Å². The average Bonchev–Trinajstić information content (AvgIpc) is 3.28. The Morgan fingerprint density at radius 3 is 2.43 bits per heavy atom. The summed E-state index contributed by atoms with van der Waals surface area (Å²) < 4.78 is 0. The Kier molecular flexibility index (Phi) is 9.03. The lowest BCUT2D eigenvalue weighted by Gasteiger charge is -2.20. The molecule has 2 aliphatic rings. The Morgan fingerprint density at radius 2 is 1.81 bits per heavy atom. The first-order valence-electron chi connectivity index (χ1n) is 8.12. The van der Waals surface area contributed by atoms with Gasteiger partial charge in [-0.2, -0.15) is 0 Å². The molecule has 0 saturated heterocycles. The molecule has 5 nitrogen and oxygen atoms in total. The molecule has 1 amide bonds. The number of amides is 1. The van der Waals surface area contributed by atoms with E-state index < -0.39 is 0 Å². The lowest BCUT2D eigenvalue weighted by Crippen LogP contribution is -2.39. The molecule has 2 aliphatic carbocycles. The minimum atomic E-state index is 0. The van der Waals surface area contributed by atoms with E-state index >= 15 is 0 Å². The summed E-state index contributed by atoms with van der Waals surface area (Å²) in [4.78, 5) is 16.5. The highest BCUT2D eigenvalue weighted by molar-refractivity contribution is 14.0. The van der Waals surface area contributed by atoms with Crippen molar-refractivity contribution >= 4 is 35.8 Å². The largest absolute Gasteiger partial charge is 0.357 e. The third-order valence-corrected chi connectivity index (χ3v) is 3.92. The molecule has 21 heavy (non-hydrogen) atoms. The van der Waals surface area contributed by atoms with Crippen LogP contribution in [0.4, 0.5) is 0 Å². The summed E-state index contributed by atoms with van der Waals surface area (Å²) >= 11 is 0. The van der Waals surface area contributed by atoms with Crippen LogP contribution in [-0.4, -0.2) is 37.5 Å². The van der Waals surface area contributed by atoms with Crippen molar-refractivity contribution in [2.45, 2.75) is 57.9 Å². The summed E-state index contributed by atoms with van der Waals surface area (Å²) in [6, 6.07) is 0.602. The summed E-state index contributed by atoms with van der Waals surface area (Å²) in [6.07, 6.45) is 8.28. The average molecular weight is 408 g/mol. The Morgan fingerprint density at radius 1 is 1.10 bits per heavy atom. The standard InChI is InChI=1S/C15H28N4O.HI/c1-2-16-15(19-13-8-9-13)18-11-10-17-14(20)12-6-4-3-5-7-12;/h12-13H,2-11H2,1H3,(H,17,20)(H2,16,18,19);1H. The van der Waals surface area contributed by atoms with Crippen LogP contribution >= 0.6 is 24.0 Å². The van der Waals surface area contributed by atoms with Gasteiger partial charge in [-0.25, -0.2) is 0 Å². The van der Waals surface area contributed by atoms with Gasteiger partial charge in [0, 0.05) is 25.0 Å². The maximum atomic E-state index is 12.0. The quantitative estimate of drug-likeness (QED) is 0.273. The summed E-state index contributed by atoms with van der Waals surface area (Å²) in [7, 11) is 0. The van der Waals surface area contributed by atoms with Crippen LogP contribution in [-0.2, 0) is 4.79 Å². The zero-order valence-corrected chi connectivity index (χ0v) is 15.3. The molecular formula is C15H29IN4O. The normalized spacial score (nSPS) is 19.6. The van der Waals surface area contributed by atoms with Gasteiger partial charge in [-0.15, -0.1) is 24.0 Å². The lowest BCUT2D eigenvalue weighted by molar-refractivity contribution is -0.125. The molecular weight excluding hydrogens is 379 g/mol. The molecule has 0 spiro atoms. The maximum Gasteiger partial charge on any atom is 0.223 e. The number of aliphatic imine (C=N–C) groups is 1. The number of carbonyl (C=O) groups excluding carboxylic acids is 1. The number of halogens is 1. The number of nitrogens with one attached hydrogen (secondary N) is 3. The van der Waals surface area contributed by atoms with Crippen molar-refractivity contribution in [3.63, 3.8) is 0 Å². The van der Waals surface area contributed by atoms with E-state index in [-0.39, 0.29) is 35.8 Å². The van der Waals surface area contributed by atoms with Crippen LogP contribution in [0.3, 0.4) is 0 Å². The van der Waals surface area contributed by atoms with Gasteiger partial charge in [0.25, 0.3) is 0 Å². The Balaban J connectivity index is 0.00000220. The molecule has 0 bridgehead atoms. The third kappa shape index (κ3) is 7.33. The predicted octanol–water partition coefficient (Wildman–Crippen LogP) is 2.02. The van der Waals surface area contributed by atoms with Crippen LogP contribution in [0.25, 0.3) is 0 Å². The van der Waals surface area contributed by atoms with E-state index in [1.165, 1.54) is 32.1 Å². The highest BCUT2D eigenvalue weighted by Gasteiger charge is 2.22. The fraction of sp³-hybridized carbons (Fsp3) is 0.867. The molecule has 2 fully saturated rings. The number of rotatable bonds is 6. The SMILES string of the molecule is CCNC(=NCCNC(=O)C1CCCCC1)NC1CC1.I. The zero-order valence-electron chi connectivity index (χ0n) is 13.0. The number of hydrogen-bond donors (Lipinski definition) is 3. The molecule has 0 aromatic heterocycles. The highest BCUT2D eigenvalue weighted by Crippen LogP contribution is 2.23. The molecule has 2 rings (SSSR count). The molecule has 0 aromatic rings. The van der Waals surface area contributed by atoms with Crippen molar-refractivity contribution in [2.75, 3.05) is 19.6 Å². The van der Waals surface area contributed by atoms with Crippen LogP contribution in [0, 0.1) is 5.92 Å². The minimum Gasteiger partial charge on any atom is -0.357 e. The van der Waals surface area contributed by atoms with E-state index in [1.807, 2.05) is 0 Å². The Hall–Kier alpha value is -0.530. The van der Waals surface area contributed by atoms with Gasteiger partial charge in [0.1, 0.15) is 0 Å². The van der Waals surface area contributed by atoms with Gasteiger partial charge in [0.05, 0.1) is 6.54 Å². The van der Waals surface area contributed by atoms with Crippen molar-refractivity contribution in [3.8, 4) is 0 Å². The first-order valence-corrected chi connectivity index (χ1v) is 8.12. The smallest absolute Gasteiger partial charge is 0.223 e. The fourth-order valence-electron chi connectivity index (χ4n) is 2.60. The monoisotopic (exact) mass is 408 g/mol. The van der Waals surface area contributed by atoms with Crippen molar-refractivity contribution in [3.05, 3.63) is 0 Å². The molecule has 3 N–H and O–H groups in total.